The normalized spacial score (nSPS) is 22.4. The molecule has 3 heterocycles. The minimum atomic E-state index is -0.138. The molecule has 2 aromatic rings. The van der Waals surface area contributed by atoms with Crippen LogP contribution < -0.4 is 5.32 Å². The van der Waals surface area contributed by atoms with Crippen LogP contribution in [0.5, 0.6) is 0 Å². The van der Waals surface area contributed by atoms with Gasteiger partial charge in [-0.05, 0) is 37.6 Å². The summed E-state index contributed by atoms with van der Waals surface area (Å²) in [7, 11) is 0. The minimum absolute atomic E-state index is 0.135. The van der Waals surface area contributed by atoms with E-state index in [0.717, 1.165) is 30.9 Å². The van der Waals surface area contributed by atoms with E-state index in [2.05, 4.69) is 30.1 Å². The van der Waals surface area contributed by atoms with Gasteiger partial charge in [-0.2, -0.15) is 0 Å². The summed E-state index contributed by atoms with van der Waals surface area (Å²) >= 11 is 0. The average Bonchev–Trinajstić information content (AvgIpc) is 3.29. The summed E-state index contributed by atoms with van der Waals surface area (Å²) in [6.07, 6.45) is 1.89. The number of hydrogen-bond donors (Lipinski definition) is 1. The van der Waals surface area contributed by atoms with Gasteiger partial charge >= 0.3 is 6.03 Å². The number of piperazine rings is 1. The lowest BCUT2D eigenvalue weighted by Gasteiger charge is -2.36. The third kappa shape index (κ3) is 5.26. The quantitative estimate of drug-likeness (QED) is 0.813. The first-order chi connectivity index (χ1) is 15.0. The second kappa shape index (κ2) is 9.53. The number of carbonyl (C=O) groups excluding carboxylic acids is 2. The van der Waals surface area contributed by atoms with E-state index in [1.54, 1.807) is 21.9 Å². The molecule has 0 bridgehead atoms. The van der Waals surface area contributed by atoms with Crippen LogP contribution in [-0.4, -0.2) is 78.1 Å². The van der Waals surface area contributed by atoms with Gasteiger partial charge in [0, 0.05) is 51.5 Å². The zero-order valence-electron chi connectivity index (χ0n) is 18.1. The van der Waals surface area contributed by atoms with Crippen molar-refractivity contribution in [2.75, 3.05) is 44.6 Å². The van der Waals surface area contributed by atoms with Crippen LogP contribution in [0.4, 0.5) is 10.5 Å². The Morgan fingerprint density at radius 2 is 1.65 bits per heavy atom. The van der Waals surface area contributed by atoms with E-state index in [1.165, 1.54) is 6.26 Å². The molecule has 166 valence electrons. The molecule has 0 radical (unpaired) electrons. The molecule has 0 unspecified atom stereocenters. The SMILES string of the molecule is C[C@H]1CN(Cc2ccccc2NC(=O)N2CCN(C(=O)c3ccco3)CC2)C[C@H](C)O1. The fraction of sp³-hybridized carbons (Fsp3) is 0.478. The van der Waals surface area contributed by atoms with Crippen LogP contribution in [0.15, 0.2) is 47.1 Å². The fourth-order valence-electron chi connectivity index (χ4n) is 4.30. The standard InChI is InChI=1S/C23H30N4O4/c1-17-14-25(15-18(2)31-17)16-19-6-3-4-7-20(19)24-23(29)27-11-9-26(10-12-27)22(28)21-8-5-13-30-21/h3-8,13,17-18H,9-12,14-16H2,1-2H3,(H,24,29)/t17-,18-/m0/s1. The lowest BCUT2D eigenvalue weighted by Crippen LogP contribution is -2.51. The average molecular weight is 427 g/mol. The summed E-state index contributed by atoms with van der Waals surface area (Å²) in [6, 6.07) is 11.2. The van der Waals surface area contributed by atoms with Crippen molar-refractivity contribution in [2.24, 2.45) is 0 Å². The summed E-state index contributed by atoms with van der Waals surface area (Å²) in [4.78, 5) is 31.1. The molecule has 1 aromatic heterocycles. The number of ether oxygens (including phenoxy) is 1. The van der Waals surface area contributed by atoms with E-state index < -0.39 is 0 Å². The zero-order chi connectivity index (χ0) is 21.8. The molecule has 0 spiro atoms. The van der Waals surface area contributed by atoms with Crippen LogP contribution in [0.1, 0.15) is 30.0 Å². The largest absolute Gasteiger partial charge is 0.459 e. The van der Waals surface area contributed by atoms with Gasteiger partial charge in [0.1, 0.15) is 0 Å². The Kier molecular flexibility index (Phi) is 6.58. The van der Waals surface area contributed by atoms with Gasteiger partial charge in [-0.25, -0.2) is 4.79 Å². The highest BCUT2D eigenvalue weighted by atomic mass is 16.5. The predicted molar refractivity (Wildman–Crippen MR) is 117 cm³/mol. The van der Waals surface area contributed by atoms with Crippen molar-refractivity contribution >= 4 is 17.6 Å². The van der Waals surface area contributed by atoms with Crippen molar-refractivity contribution in [2.45, 2.75) is 32.6 Å². The number of nitrogens with one attached hydrogen (secondary N) is 1. The van der Waals surface area contributed by atoms with Gasteiger partial charge in [0.15, 0.2) is 5.76 Å². The molecule has 1 aromatic carbocycles. The first kappa shape index (κ1) is 21.4. The Hall–Kier alpha value is -2.84. The third-order valence-corrected chi connectivity index (χ3v) is 5.73. The van der Waals surface area contributed by atoms with Crippen molar-refractivity contribution in [1.29, 1.82) is 0 Å². The Morgan fingerprint density at radius 3 is 2.32 bits per heavy atom. The lowest BCUT2D eigenvalue weighted by molar-refractivity contribution is -0.0704. The van der Waals surface area contributed by atoms with E-state index in [0.29, 0.717) is 31.9 Å². The number of nitrogens with zero attached hydrogens (tertiary/aromatic N) is 3. The summed E-state index contributed by atoms with van der Waals surface area (Å²) in [5.41, 5.74) is 1.91. The number of amides is 3. The summed E-state index contributed by atoms with van der Waals surface area (Å²) in [6.45, 7) is 8.63. The maximum atomic E-state index is 12.9. The Bertz CT molecular complexity index is 883. The number of rotatable bonds is 4. The summed E-state index contributed by atoms with van der Waals surface area (Å²) < 4.78 is 11.0. The zero-order valence-corrected chi connectivity index (χ0v) is 18.1. The first-order valence-electron chi connectivity index (χ1n) is 10.8. The highest BCUT2D eigenvalue weighted by molar-refractivity contribution is 5.92. The van der Waals surface area contributed by atoms with Crippen LogP contribution in [-0.2, 0) is 11.3 Å². The second-order valence-electron chi connectivity index (χ2n) is 8.30. The van der Waals surface area contributed by atoms with Crippen LogP contribution in [0.3, 0.4) is 0 Å². The predicted octanol–water partition coefficient (Wildman–Crippen LogP) is 2.88. The second-order valence-corrected chi connectivity index (χ2v) is 8.30. The highest BCUT2D eigenvalue weighted by Gasteiger charge is 2.27. The molecule has 2 saturated heterocycles. The van der Waals surface area contributed by atoms with Gasteiger partial charge in [-0.15, -0.1) is 0 Å². The van der Waals surface area contributed by atoms with Gasteiger partial charge in [0.25, 0.3) is 5.91 Å². The van der Waals surface area contributed by atoms with Gasteiger partial charge in [-0.1, -0.05) is 18.2 Å². The topological polar surface area (TPSA) is 78.3 Å². The van der Waals surface area contributed by atoms with Gasteiger partial charge in [-0.3, -0.25) is 9.69 Å². The molecule has 0 aliphatic carbocycles. The molecule has 2 fully saturated rings. The molecule has 2 aliphatic rings. The Balaban J connectivity index is 1.33. The molecule has 2 atom stereocenters. The maximum absolute atomic E-state index is 12.9. The number of carbonyl (C=O) groups is 2. The van der Waals surface area contributed by atoms with Crippen molar-refractivity contribution < 1.29 is 18.7 Å². The van der Waals surface area contributed by atoms with E-state index in [-0.39, 0.29) is 24.1 Å². The molecule has 2 aliphatic heterocycles. The minimum Gasteiger partial charge on any atom is -0.459 e. The van der Waals surface area contributed by atoms with Crippen LogP contribution >= 0.6 is 0 Å². The molecule has 31 heavy (non-hydrogen) atoms. The molecule has 4 rings (SSSR count). The summed E-state index contributed by atoms with van der Waals surface area (Å²) in [5, 5.41) is 3.07. The molecular formula is C23H30N4O4. The number of morpholine rings is 1. The number of urea groups is 1. The third-order valence-electron chi connectivity index (χ3n) is 5.73. The van der Waals surface area contributed by atoms with E-state index >= 15 is 0 Å². The number of benzene rings is 1. The molecule has 8 heteroatoms. The van der Waals surface area contributed by atoms with E-state index in [4.69, 9.17) is 9.15 Å². The monoisotopic (exact) mass is 426 g/mol. The lowest BCUT2D eigenvalue weighted by atomic mass is 10.1. The number of furan rings is 1. The highest BCUT2D eigenvalue weighted by Crippen LogP contribution is 2.21. The number of para-hydroxylation sites is 1. The fourth-order valence-corrected chi connectivity index (χ4v) is 4.30. The van der Waals surface area contributed by atoms with Crippen LogP contribution in [0.25, 0.3) is 0 Å². The van der Waals surface area contributed by atoms with Gasteiger partial charge in [0.05, 0.1) is 18.5 Å². The number of anilines is 1. The van der Waals surface area contributed by atoms with E-state index in [1.807, 2.05) is 18.2 Å². The Morgan fingerprint density at radius 1 is 0.968 bits per heavy atom. The Labute approximate surface area is 182 Å². The summed E-state index contributed by atoms with van der Waals surface area (Å²) in [5.74, 6) is 0.197. The van der Waals surface area contributed by atoms with Crippen LogP contribution in [0.2, 0.25) is 0 Å². The van der Waals surface area contributed by atoms with Gasteiger partial charge in [0.2, 0.25) is 0 Å². The van der Waals surface area contributed by atoms with Crippen molar-refractivity contribution in [3.8, 4) is 0 Å². The van der Waals surface area contributed by atoms with Crippen molar-refractivity contribution in [3.63, 3.8) is 0 Å². The van der Waals surface area contributed by atoms with Crippen molar-refractivity contribution in [3.05, 3.63) is 54.0 Å². The smallest absolute Gasteiger partial charge is 0.321 e. The first-order valence-corrected chi connectivity index (χ1v) is 10.8. The molecule has 3 amide bonds. The maximum Gasteiger partial charge on any atom is 0.321 e. The van der Waals surface area contributed by atoms with Gasteiger partial charge < -0.3 is 24.3 Å². The van der Waals surface area contributed by atoms with Crippen LogP contribution in [0, 0.1) is 0 Å². The number of hydrogen-bond acceptors (Lipinski definition) is 5. The van der Waals surface area contributed by atoms with E-state index in [9.17, 15) is 9.59 Å². The molecular weight excluding hydrogens is 396 g/mol. The molecule has 1 N–H and O–H groups in total. The molecule has 0 saturated carbocycles. The molecule has 8 nitrogen and oxygen atoms in total. The van der Waals surface area contributed by atoms with Crippen molar-refractivity contribution in [1.82, 2.24) is 14.7 Å².